The summed E-state index contributed by atoms with van der Waals surface area (Å²) < 4.78 is 0. The molecule has 0 saturated heterocycles. The first-order chi connectivity index (χ1) is 5.61. The first-order valence-electron chi connectivity index (χ1n) is 3.07. The van der Waals surface area contributed by atoms with Gasteiger partial charge in [0.25, 0.3) is 0 Å². The standard InChI is InChI=1S/C5H8N4O3/c6-9(5(11)12)3-1-2-7-4(10)8-3/h1-2,4,7,10H,6H2,(H,11,12). The Hall–Kier alpha value is -1.60. The average molecular weight is 172 g/mol. The third-order valence-corrected chi connectivity index (χ3v) is 1.19. The summed E-state index contributed by atoms with van der Waals surface area (Å²) in [7, 11) is 0. The number of nitrogens with zero attached hydrogens (tertiary/aromatic N) is 2. The van der Waals surface area contributed by atoms with Crippen LogP contribution in [0.15, 0.2) is 17.3 Å². The highest BCUT2D eigenvalue weighted by Gasteiger charge is 2.15. The molecular formula is C5H8N4O3. The zero-order chi connectivity index (χ0) is 9.14. The molecular weight excluding hydrogens is 164 g/mol. The molecule has 1 heterocycles. The molecule has 0 fully saturated rings. The highest BCUT2D eigenvalue weighted by molar-refractivity contribution is 6.01. The van der Waals surface area contributed by atoms with E-state index in [1.165, 1.54) is 12.3 Å². The third kappa shape index (κ3) is 1.71. The molecule has 0 saturated carbocycles. The number of amidine groups is 1. The molecule has 7 heteroatoms. The van der Waals surface area contributed by atoms with E-state index in [-0.39, 0.29) is 5.84 Å². The van der Waals surface area contributed by atoms with Gasteiger partial charge in [0, 0.05) is 6.20 Å². The van der Waals surface area contributed by atoms with Crippen LogP contribution >= 0.6 is 0 Å². The molecule has 0 spiro atoms. The lowest BCUT2D eigenvalue weighted by molar-refractivity contribution is 0.154. The second kappa shape index (κ2) is 3.20. The number of aliphatic imine (C=N–C) groups is 1. The summed E-state index contributed by atoms with van der Waals surface area (Å²) in [6.45, 7) is 0. The maximum atomic E-state index is 10.3. The minimum absolute atomic E-state index is 0.0197. The van der Waals surface area contributed by atoms with Crippen molar-refractivity contribution in [2.45, 2.75) is 6.35 Å². The van der Waals surface area contributed by atoms with Crippen LogP contribution in [0, 0.1) is 0 Å². The van der Waals surface area contributed by atoms with Crippen LogP contribution in [0.4, 0.5) is 4.79 Å². The lowest BCUT2D eigenvalue weighted by Crippen LogP contribution is -2.43. The first-order valence-corrected chi connectivity index (χ1v) is 3.07. The lowest BCUT2D eigenvalue weighted by Gasteiger charge is -2.17. The van der Waals surface area contributed by atoms with Gasteiger partial charge < -0.3 is 15.5 Å². The van der Waals surface area contributed by atoms with Gasteiger partial charge in [-0.3, -0.25) is 0 Å². The lowest BCUT2D eigenvalue weighted by atomic mass is 10.5. The van der Waals surface area contributed by atoms with Crippen molar-refractivity contribution in [3.8, 4) is 0 Å². The number of nitrogens with one attached hydrogen (secondary N) is 1. The molecule has 1 unspecified atom stereocenters. The Labute approximate surface area is 67.8 Å². The molecule has 1 amide bonds. The van der Waals surface area contributed by atoms with Crippen LogP contribution in [0.5, 0.6) is 0 Å². The molecule has 0 aromatic carbocycles. The van der Waals surface area contributed by atoms with Crippen LogP contribution in [0.25, 0.3) is 0 Å². The number of rotatable bonds is 0. The monoisotopic (exact) mass is 172 g/mol. The first kappa shape index (κ1) is 8.50. The van der Waals surface area contributed by atoms with Crippen molar-refractivity contribution >= 4 is 11.9 Å². The van der Waals surface area contributed by atoms with E-state index in [4.69, 9.17) is 16.1 Å². The Bertz CT molecular complexity index is 249. The molecule has 0 aromatic heterocycles. The number of carbonyl (C=O) groups is 1. The molecule has 12 heavy (non-hydrogen) atoms. The summed E-state index contributed by atoms with van der Waals surface area (Å²) in [6.07, 6.45) is 0.208. The van der Waals surface area contributed by atoms with E-state index in [1.54, 1.807) is 0 Å². The molecule has 0 aromatic rings. The number of aliphatic hydroxyl groups is 1. The van der Waals surface area contributed by atoms with Gasteiger partial charge in [0.2, 0.25) is 6.35 Å². The molecule has 1 aliphatic rings. The number of hydrogen-bond acceptors (Lipinski definition) is 5. The number of aliphatic hydroxyl groups excluding tert-OH is 1. The van der Waals surface area contributed by atoms with E-state index in [2.05, 4.69) is 10.3 Å². The highest BCUT2D eigenvalue weighted by Crippen LogP contribution is 1.96. The van der Waals surface area contributed by atoms with Crippen LogP contribution in [0.2, 0.25) is 0 Å². The number of carboxylic acid groups (broad SMARTS) is 1. The van der Waals surface area contributed by atoms with Gasteiger partial charge in [-0.05, 0) is 6.08 Å². The van der Waals surface area contributed by atoms with Gasteiger partial charge in [-0.25, -0.2) is 15.6 Å². The SMILES string of the molecule is NN(C(=O)O)C1=NC(O)NC=C1. The Morgan fingerprint density at radius 2 is 2.50 bits per heavy atom. The summed E-state index contributed by atoms with van der Waals surface area (Å²) in [6, 6.07) is 0. The van der Waals surface area contributed by atoms with Crippen molar-refractivity contribution in [3.63, 3.8) is 0 Å². The summed E-state index contributed by atoms with van der Waals surface area (Å²) in [5.74, 6) is 5.05. The van der Waals surface area contributed by atoms with Crippen molar-refractivity contribution in [1.29, 1.82) is 0 Å². The molecule has 0 aliphatic carbocycles. The van der Waals surface area contributed by atoms with Gasteiger partial charge in [-0.1, -0.05) is 0 Å². The summed E-state index contributed by atoms with van der Waals surface area (Å²) in [4.78, 5) is 13.8. The van der Waals surface area contributed by atoms with Crippen molar-refractivity contribution in [1.82, 2.24) is 10.3 Å². The highest BCUT2D eigenvalue weighted by atomic mass is 16.4. The number of nitrogens with two attached hydrogens (primary N) is 1. The second-order valence-electron chi connectivity index (χ2n) is 2.01. The topological polar surface area (TPSA) is 111 Å². The van der Waals surface area contributed by atoms with E-state index in [0.29, 0.717) is 5.01 Å². The largest absolute Gasteiger partial charge is 0.464 e. The molecule has 1 aliphatic heterocycles. The summed E-state index contributed by atoms with van der Waals surface area (Å²) in [5, 5.41) is 20.1. The van der Waals surface area contributed by atoms with E-state index in [9.17, 15) is 4.79 Å². The fraction of sp³-hybridized carbons (Fsp3) is 0.200. The summed E-state index contributed by atoms with van der Waals surface area (Å²) >= 11 is 0. The Morgan fingerprint density at radius 3 is 3.00 bits per heavy atom. The number of hydrazine groups is 1. The molecule has 0 bridgehead atoms. The van der Waals surface area contributed by atoms with Gasteiger partial charge in [0.05, 0.1) is 0 Å². The minimum atomic E-state index is -1.34. The van der Waals surface area contributed by atoms with E-state index in [0.717, 1.165) is 0 Å². The van der Waals surface area contributed by atoms with E-state index < -0.39 is 12.4 Å². The van der Waals surface area contributed by atoms with Gasteiger partial charge in [-0.15, -0.1) is 0 Å². The molecule has 7 nitrogen and oxygen atoms in total. The van der Waals surface area contributed by atoms with Gasteiger partial charge in [-0.2, -0.15) is 5.01 Å². The smallest absolute Gasteiger partial charge is 0.427 e. The van der Waals surface area contributed by atoms with Gasteiger partial charge in [0.15, 0.2) is 5.84 Å². The zero-order valence-electron chi connectivity index (χ0n) is 6.01. The molecule has 0 radical (unpaired) electrons. The van der Waals surface area contributed by atoms with E-state index >= 15 is 0 Å². The Morgan fingerprint density at radius 1 is 1.83 bits per heavy atom. The van der Waals surface area contributed by atoms with Crippen molar-refractivity contribution in [2.75, 3.05) is 0 Å². The number of hydrogen-bond donors (Lipinski definition) is 4. The zero-order valence-corrected chi connectivity index (χ0v) is 6.01. The van der Waals surface area contributed by atoms with Crippen LogP contribution in [-0.2, 0) is 0 Å². The van der Waals surface area contributed by atoms with Crippen LogP contribution < -0.4 is 11.2 Å². The third-order valence-electron chi connectivity index (χ3n) is 1.19. The minimum Gasteiger partial charge on any atom is -0.464 e. The maximum absolute atomic E-state index is 10.3. The molecule has 1 rings (SSSR count). The van der Waals surface area contributed by atoms with E-state index in [1.807, 2.05) is 0 Å². The van der Waals surface area contributed by atoms with Gasteiger partial charge >= 0.3 is 6.09 Å². The fourth-order valence-corrected chi connectivity index (χ4v) is 0.655. The van der Waals surface area contributed by atoms with Crippen molar-refractivity contribution in [3.05, 3.63) is 12.3 Å². The van der Waals surface area contributed by atoms with Crippen molar-refractivity contribution < 1.29 is 15.0 Å². The predicted octanol–water partition coefficient (Wildman–Crippen LogP) is -1.37. The molecule has 66 valence electrons. The Kier molecular flexibility index (Phi) is 2.26. The number of amides is 1. The summed E-state index contributed by atoms with van der Waals surface area (Å²) in [5.41, 5.74) is 0. The normalized spacial score (nSPS) is 21.2. The quantitative estimate of drug-likeness (QED) is 0.205. The van der Waals surface area contributed by atoms with Gasteiger partial charge in [0.1, 0.15) is 0 Å². The maximum Gasteiger partial charge on any atom is 0.427 e. The van der Waals surface area contributed by atoms with Crippen LogP contribution in [-0.4, -0.2) is 33.5 Å². The second-order valence-corrected chi connectivity index (χ2v) is 2.01. The van der Waals surface area contributed by atoms with Crippen molar-refractivity contribution in [2.24, 2.45) is 10.8 Å². The Balaban J connectivity index is 2.74. The van der Waals surface area contributed by atoms with Crippen LogP contribution in [0.1, 0.15) is 0 Å². The molecule has 1 atom stereocenters. The fourth-order valence-electron chi connectivity index (χ4n) is 0.655. The predicted molar refractivity (Wildman–Crippen MR) is 39.8 cm³/mol. The molecule has 5 N–H and O–H groups in total. The van der Waals surface area contributed by atoms with Crippen LogP contribution in [0.3, 0.4) is 0 Å². The average Bonchev–Trinajstić information content (AvgIpc) is 2.03.